The minimum atomic E-state index is -5.14. The Morgan fingerprint density at radius 3 is 2.30 bits per heavy atom. The predicted octanol–water partition coefficient (Wildman–Crippen LogP) is 2.37. The second-order valence-electron chi connectivity index (χ2n) is 5.48. The summed E-state index contributed by atoms with van der Waals surface area (Å²) in [7, 11) is -3.59. The van der Waals surface area contributed by atoms with E-state index in [1.165, 1.54) is 7.05 Å². The lowest BCUT2D eigenvalue weighted by atomic mass is 10.1. The Kier molecular flexibility index (Phi) is 5.71. The average Bonchev–Trinajstić information content (AvgIpc) is 2.56. The zero-order chi connectivity index (χ0) is 20.6. The molecule has 0 fully saturated rings. The number of benzene rings is 1. The third-order valence-corrected chi connectivity index (χ3v) is 5.62. The zero-order valence-corrected chi connectivity index (χ0v) is 14.9. The molecule has 1 aromatic carbocycles. The van der Waals surface area contributed by atoms with Crippen molar-refractivity contribution in [3.05, 3.63) is 58.0 Å². The van der Waals surface area contributed by atoms with E-state index in [9.17, 15) is 35.2 Å². The SMILES string of the molecule is CCN([C@H](c1ccc(F)c(F)c1)C(F)(F)F)S(=O)(=O)c1cnn(C)c(=O)c1. The Hall–Kier alpha value is -2.34. The van der Waals surface area contributed by atoms with Gasteiger partial charge in [0.05, 0.1) is 6.20 Å². The van der Waals surface area contributed by atoms with E-state index < -0.39 is 56.4 Å². The summed E-state index contributed by atoms with van der Waals surface area (Å²) in [5.41, 5.74) is -1.65. The number of nitrogens with zero attached hydrogens (tertiary/aromatic N) is 3. The van der Waals surface area contributed by atoms with Gasteiger partial charge in [-0.15, -0.1) is 0 Å². The van der Waals surface area contributed by atoms with E-state index in [4.69, 9.17) is 0 Å². The first-order valence-corrected chi connectivity index (χ1v) is 8.90. The molecule has 0 saturated heterocycles. The number of sulfonamides is 1. The maximum Gasteiger partial charge on any atom is 0.409 e. The lowest BCUT2D eigenvalue weighted by molar-refractivity contribution is -0.173. The van der Waals surface area contributed by atoms with E-state index in [1.54, 1.807) is 0 Å². The van der Waals surface area contributed by atoms with Crippen molar-refractivity contribution in [2.24, 2.45) is 7.05 Å². The third-order valence-electron chi connectivity index (χ3n) is 3.72. The summed E-state index contributed by atoms with van der Waals surface area (Å²) in [6, 6.07) is -0.746. The molecule has 0 spiro atoms. The van der Waals surface area contributed by atoms with Crippen molar-refractivity contribution in [2.75, 3.05) is 6.54 Å². The largest absolute Gasteiger partial charge is 0.409 e. The van der Waals surface area contributed by atoms with E-state index in [0.717, 1.165) is 17.8 Å². The Balaban J connectivity index is 2.65. The van der Waals surface area contributed by atoms with Gasteiger partial charge in [-0.1, -0.05) is 13.0 Å². The maximum atomic E-state index is 13.7. The van der Waals surface area contributed by atoms with Gasteiger partial charge in [-0.05, 0) is 17.7 Å². The van der Waals surface area contributed by atoms with Crippen LogP contribution in [0.5, 0.6) is 0 Å². The zero-order valence-electron chi connectivity index (χ0n) is 14.0. The normalized spacial score (nSPS) is 13.8. The van der Waals surface area contributed by atoms with Crippen LogP contribution in [0.1, 0.15) is 18.5 Å². The number of rotatable bonds is 5. The Bertz CT molecular complexity index is 1000. The molecule has 0 bridgehead atoms. The molecule has 1 atom stereocenters. The van der Waals surface area contributed by atoms with Gasteiger partial charge >= 0.3 is 6.18 Å². The van der Waals surface area contributed by atoms with Gasteiger partial charge in [-0.3, -0.25) is 4.79 Å². The lowest BCUT2D eigenvalue weighted by Crippen LogP contribution is -2.42. The van der Waals surface area contributed by atoms with Crippen LogP contribution in [0, 0.1) is 11.6 Å². The number of hydrogen-bond acceptors (Lipinski definition) is 4. The smallest absolute Gasteiger partial charge is 0.268 e. The molecule has 0 unspecified atom stereocenters. The predicted molar refractivity (Wildman–Crippen MR) is 84.2 cm³/mol. The highest BCUT2D eigenvalue weighted by Crippen LogP contribution is 2.40. The van der Waals surface area contributed by atoms with Crippen LogP contribution in [0.25, 0.3) is 0 Å². The van der Waals surface area contributed by atoms with Gasteiger partial charge < -0.3 is 0 Å². The maximum absolute atomic E-state index is 13.7. The van der Waals surface area contributed by atoms with Crippen molar-refractivity contribution in [2.45, 2.75) is 24.0 Å². The first-order valence-electron chi connectivity index (χ1n) is 7.46. The fourth-order valence-corrected chi connectivity index (χ4v) is 3.98. The van der Waals surface area contributed by atoms with Gasteiger partial charge in [-0.25, -0.2) is 21.9 Å². The van der Waals surface area contributed by atoms with Crippen molar-refractivity contribution in [1.82, 2.24) is 14.1 Å². The summed E-state index contributed by atoms with van der Waals surface area (Å²) in [5, 5.41) is 3.49. The van der Waals surface area contributed by atoms with Gasteiger partial charge in [-0.2, -0.15) is 22.6 Å². The van der Waals surface area contributed by atoms with Crippen LogP contribution >= 0.6 is 0 Å². The summed E-state index contributed by atoms with van der Waals surface area (Å²) in [4.78, 5) is 10.9. The fourth-order valence-electron chi connectivity index (χ4n) is 2.42. The first-order chi connectivity index (χ1) is 12.4. The van der Waals surface area contributed by atoms with E-state index >= 15 is 0 Å². The summed E-state index contributed by atoms with van der Waals surface area (Å²) in [6.07, 6.45) is -4.40. The highest BCUT2D eigenvalue weighted by atomic mass is 32.2. The molecule has 12 heteroatoms. The second-order valence-corrected chi connectivity index (χ2v) is 7.37. The van der Waals surface area contributed by atoms with Crippen LogP contribution in [0.2, 0.25) is 0 Å². The van der Waals surface area contributed by atoms with Crippen molar-refractivity contribution in [3.63, 3.8) is 0 Å². The molecule has 6 nitrogen and oxygen atoms in total. The third kappa shape index (κ3) is 4.16. The van der Waals surface area contributed by atoms with E-state index in [1.807, 2.05) is 0 Å². The van der Waals surface area contributed by atoms with Crippen LogP contribution in [0.15, 0.2) is 40.2 Å². The van der Waals surface area contributed by atoms with Crippen LogP contribution in [0.3, 0.4) is 0 Å². The molecule has 0 saturated carbocycles. The molecule has 0 aliphatic heterocycles. The van der Waals surface area contributed by atoms with Gasteiger partial charge in [0.25, 0.3) is 5.56 Å². The van der Waals surface area contributed by atoms with E-state index in [-0.39, 0.29) is 10.4 Å². The molecule has 1 aromatic heterocycles. The highest BCUT2D eigenvalue weighted by molar-refractivity contribution is 7.89. The van der Waals surface area contributed by atoms with Crippen LogP contribution in [-0.2, 0) is 17.1 Å². The highest BCUT2D eigenvalue weighted by Gasteiger charge is 2.49. The molecule has 2 rings (SSSR count). The molecule has 2 aromatic rings. The Morgan fingerprint density at radius 2 is 1.81 bits per heavy atom. The fraction of sp³-hybridized carbons (Fsp3) is 0.333. The van der Waals surface area contributed by atoms with Crippen molar-refractivity contribution in [1.29, 1.82) is 0 Å². The molecule has 27 heavy (non-hydrogen) atoms. The number of aryl methyl sites for hydroxylation is 1. The molecule has 1 heterocycles. The molecule has 0 N–H and O–H groups in total. The Labute approximate surface area is 150 Å². The first kappa shape index (κ1) is 21.0. The van der Waals surface area contributed by atoms with Gasteiger partial charge in [0.15, 0.2) is 11.6 Å². The number of halogens is 5. The second kappa shape index (κ2) is 7.35. The van der Waals surface area contributed by atoms with E-state index in [2.05, 4.69) is 5.10 Å². The van der Waals surface area contributed by atoms with E-state index in [0.29, 0.717) is 18.2 Å². The molecular formula is C15H14F5N3O3S. The van der Waals surface area contributed by atoms with Gasteiger partial charge in [0.2, 0.25) is 10.0 Å². The summed E-state index contributed by atoms with van der Waals surface area (Å²) < 4.78 is 93.8. The molecule has 0 aliphatic rings. The monoisotopic (exact) mass is 411 g/mol. The molecule has 0 amide bonds. The Morgan fingerprint density at radius 1 is 1.19 bits per heavy atom. The summed E-state index contributed by atoms with van der Waals surface area (Å²) in [5.74, 6) is -2.92. The number of hydrogen-bond donors (Lipinski definition) is 0. The molecule has 0 radical (unpaired) electrons. The standard InChI is InChI=1S/C15H14F5N3O3S/c1-3-23(27(25,26)10-7-13(24)22(2)21-8-10)14(15(18,19)20)9-4-5-11(16)12(17)6-9/h4-8,14H,3H2,1-2H3/t14-/m1/s1. The van der Waals surface area contributed by atoms with Gasteiger partial charge in [0.1, 0.15) is 10.9 Å². The number of aromatic nitrogens is 2. The molecule has 148 valence electrons. The van der Waals surface area contributed by atoms with Gasteiger partial charge in [0, 0.05) is 19.7 Å². The average molecular weight is 411 g/mol. The quantitative estimate of drug-likeness (QED) is 0.709. The summed E-state index contributed by atoms with van der Waals surface area (Å²) in [6.45, 7) is 0.491. The molecule has 0 aliphatic carbocycles. The van der Waals surface area contributed by atoms with Crippen LogP contribution < -0.4 is 5.56 Å². The van der Waals surface area contributed by atoms with Crippen LogP contribution in [0.4, 0.5) is 22.0 Å². The lowest BCUT2D eigenvalue weighted by Gasteiger charge is -2.31. The summed E-state index contributed by atoms with van der Waals surface area (Å²) >= 11 is 0. The topological polar surface area (TPSA) is 72.3 Å². The van der Waals surface area contributed by atoms with Crippen molar-refractivity contribution in [3.8, 4) is 0 Å². The minimum absolute atomic E-state index is 0.0517. The minimum Gasteiger partial charge on any atom is -0.268 e. The van der Waals surface area contributed by atoms with Crippen molar-refractivity contribution < 1.29 is 30.4 Å². The molecular weight excluding hydrogens is 397 g/mol. The number of alkyl halides is 3. The van der Waals surface area contributed by atoms with Crippen LogP contribution in [-0.4, -0.2) is 35.2 Å². The van der Waals surface area contributed by atoms with Crippen molar-refractivity contribution >= 4 is 10.0 Å².